The number of fused-ring (bicyclic) bond motifs is 1. The van der Waals surface area contributed by atoms with Gasteiger partial charge in [-0.2, -0.15) is 0 Å². The first-order valence-corrected chi connectivity index (χ1v) is 7.06. The third-order valence-corrected chi connectivity index (χ3v) is 3.72. The zero-order valence-electron chi connectivity index (χ0n) is 11.1. The Morgan fingerprint density at radius 1 is 0.952 bits per heavy atom. The molecule has 3 nitrogen and oxygen atoms in total. The Morgan fingerprint density at radius 3 is 2.48 bits per heavy atom. The van der Waals surface area contributed by atoms with Gasteiger partial charge in [0.15, 0.2) is 0 Å². The zero-order chi connectivity index (χ0) is 14.2. The molecule has 0 aliphatic rings. The lowest BCUT2D eigenvalue weighted by atomic mass is 10.2. The van der Waals surface area contributed by atoms with Crippen molar-refractivity contribution in [1.29, 1.82) is 0 Å². The Morgan fingerprint density at radius 2 is 1.71 bits per heavy atom. The van der Waals surface area contributed by atoms with Crippen molar-refractivity contribution >= 4 is 22.6 Å². The highest BCUT2D eigenvalue weighted by Crippen LogP contribution is 2.23. The molecular formula is C17H12ClN3. The summed E-state index contributed by atoms with van der Waals surface area (Å²) < 4.78 is 2.07. The predicted molar refractivity (Wildman–Crippen MR) is 85.9 cm³/mol. The number of rotatable bonds is 2. The van der Waals surface area contributed by atoms with Crippen molar-refractivity contribution in [3.63, 3.8) is 0 Å². The van der Waals surface area contributed by atoms with Crippen molar-refractivity contribution in [3.8, 4) is 17.1 Å². The van der Waals surface area contributed by atoms with E-state index in [0.717, 1.165) is 28.1 Å². The van der Waals surface area contributed by atoms with E-state index in [4.69, 9.17) is 11.6 Å². The number of imidazole rings is 1. The molecule has 0 aliphatic heterocycles. The van der Waals surface area contributed by atoms with Crippen LogP contribution in [0.2, 0.25) is 5.02 Å². The molecule has 2 aromatic carbocycles. The van der Waals surface area contributed by atoms with E-state index >= 15 is 0 Å². The maximum absolute atomic E-state index is 6.00. The van der Waals surface area contributed by atoms with Gasteiger partial charge >= 0.3 is 0 Å². The number of halogens is 1. The molecule has 2 heterocycles. The lowest BCUT2D eigenvalue weighted by molar-refractivity contribution is 1.08. The first-order chi connectivity index (χ1) is 10.3. The normalized spacial score (nSPS) is 11.1. The third kappa shape index (κ3) is 2.22. The van der Waals surface area contributed by atoms with Crippen molar-refractivity contribution in [2.75, 3.05) is 0 Å². The molecule has 0 saturated carbocycles. The summed E-state index contributed by atoms with van der Waals surface area (Å²) in [7, 11) is 0. The van der Waals surface area contributed by atoms with E-state index in [-0.39, 0.29) is 0 Å². The Bertz CT molecular complexity index is 890. The van der Waals surface area contributed by atoms with Gasteiger partial charge in [-0.05, 0) is 54.6 Å². The number of hydrogen-bond donors (Lipinski definition) is 1. The average Bonchev–Trinajstić information content (AvgIpc) is 3.16. The highest BCUT2D eigenvalue weighted by molar-refractivity contribution is 6.31. The van der Waals surface area contributed by atoms with E-state index in [2.05, 4.69) is 38.8 Å². The molecule has 4 heteroatoms. The fourth-order valence-corrected chi connectivity index (χ4v) is 2.59. The molecule has 0 spiro atoms. The van der Waals surface area contributed by atoms with Crippen LogP contribution in [0, 0.1) is 0 Å². The fourth-order valence-electron chi connectivity index (χ4n) is 2.42. The van der Waals surface area contributed by atoms with Crippen molar-refractivity contribution in [2.45, 2.75) is 0 Å². The summed E-state index contributed by atoms with van der Waals surface area (Å²) in [4.78, 5) is 7.90. The van der Waals surface area contributed by atoms with Crippen LogP contribution < -0.4 is 0 Å². The minimum atomic E-state index is 0.709. The van der Waals surface area contributed by atoms with Crippen LogP contribution in [0.5, 0.6) is 0 Å². The maximum Gasteiger partial charge on any atom is 0.138 e. The van der Waals surface area contributed by atoms with Crippen LogP contribution in [0.25, 0.3) is 28.1 Å². The summed E-state index contributed by atoms with van der Waals surface area (Å²) in [6.45, 7) is 0. The second-order valence-corrected chi connectivity index (χ2v) is 5.32. The summed E-state index contributed by atoms with van der Waals surface area (Å²) in [6.07, 6.45) is 4.05. The Kier molecular flexibility index (Phi) is 2.79. The van der Waals surface area contributed by atoms with Gasteiger partial charge < -0.3 is 9.55 Å². The summed E-state index contributed by atoms with van der Waals surface area (Å²) in [5.41, 5.74) is 4.05. The molecule has 0 unspecified atom stereocenters. The quantitative estimate of drug-likeness (QED) is 0.572. The van der Waals surface area contributed by atoms with E-state index in [9.17, 15) is 0 Å². The third-order valence-electron chi connectivity index (χ3n) is 3.49. The van der Waals surface area contributed by atoms with Crippen LogP contribution in [-0.4, -0.2) is 14.5 Å². The topological polar surface area (TPSA) is 33.6 Å². The monoisotopic (exact) mass is 293 g/mol. The van der Waals surface area contributed by atoms with Crippen LogP contribution in [0.3, 0.4) is 0 Å². The molecule has 0 radical (unpaired) electrons. The van der Waals surface area contributed by atoms with E-state index in [1.165, 1.54) is 0 Å². The SMILES string of the molecule is Clc1ccc2nc(-c3ccc(-n4cccc4)cc3)[nH]c2c1. The van der Waals surface area contributed by atoms with E-state index < -0.39 is 0 Å². The lowest BCUT2D eigenvalue weighted by Crippen LogP contribution is -1.89. The summed E-state index contributed by atoms with van der Waals surface area (Å²) >= 11 is 6.00. The number of hydrogen-bond acceptors (Lipinski definition) is 1. The molecule has 0 amide bonds. The molecule has 0 saturated heterocycles. The molecule has 102 valence electrons. The summed E-state index contributed by atoms with van der Waals surface area (Å²) in [6, 6.07) is 18.0. The highest BCUT2D eigenvalue weighted by Gasteiger charge is 2.06. The summed E-state index contributed by atoms with van der Waals surface area (Å²) in [5.74, 6) is 0.853. The van der Waals surface area contributed by atoms with Gasteiger partial charge in [0.1, 0.15) is 5.82 Å². The largest absolute Gasteiger partial charge is 0.338 e. The minimum Gasteiger partial charge on any atom is -0.338 e. The molecule has 0 fully saturated rings. The molecule has 1 N–H and O–H groups in total. The van der Waals surface area contributed by atoms with Gasteiger partial charge in [-0.15, -0.1) is 0 Å². The van der Waals surface area contributed by atoms with Gasteiger partial charge in [-0.1, -0.05) is 11.6 Å². The molecule has 4 aromatic rings. The fraction of sp³-hybridized carbons (Fsp3) is 0. The molecule has 21 heavy (non-hydrogen) atoms. The smallest absolute Gasteiger partial charge is 0.138 e. The van der Waals surface area contributed by atoms with Gasteiger partial charge in [0.25, 0.3) is 0 Å². The van der Waals surface area contributed by atoms with Crippen molar-refractivity contribution in [1.82, 2.24) is 14.5 Å². The van der Waals surface area contributed by atoms with Crippen LogP contribution in [0.1, 0.15) is 0 Å². The molecule has 0 atom stereocenters. The van der Waals surface area contributed by atoms with Gasteiger partial charge in [0.2, 0.25) is 0 Å². The first kappa shape index (κ1) is 12.2. The van der Waals surface area contributed by atoms with Gasteiger partial charge in [-0.25, -0.2) is 4.98 Å². The van der Waals surface area contributed by atoms with Gasteiger partial charge in [0.05, 0.1) is 11.0 Å². The molecular weight excluding hydrogens is 282 g/mol. The van der Waals surface area contributed by atoms with E-state index in [1.54, 1.807) is 0 Å². The van der Waals surface area contributed by atoms with Crippen LogP contribution in [0.15, 0.2) is 67.0 Å². The number of nitrogens with one attached hydrogen (secondary N) is 1. The average molecular weight is 294 g/mol. The number of benzene rings is 2. The Hall–Kier alpha value is -2.52. The van der Waals surface area contributed by atoms with E-state index in [1.807, 2.05) is 42.7 Å². The van der Waals surface area contributed by atoms with Crippen molar-refractivity contribution < 1.29 is 0 Å². The van der Waals surface area contributed by atoms with Crippen LogP contribution in [-0.2, 0) is 0 Å². The van der Waals surface area contributed by atoms with Gasteiger partial charge in [-0.3, -0.25) is 0 Å². The standard InChI is InChI=1S/C17H12ClN3/c18-13-5-8-15-16(11-13)20-17(19-15)12-3-6-14(7-4-12)21-9-1-2-10-21/h1-11H,(H,19,20). The predicted octanol–water partition coefficient (Wildman–Crippen LogP) is 4.67. The number of nitrogens with zero attached hydrogens (tertiary/aromatic N) is 2. The molecule has 2 aromatic heterocycles. The summed E-state index contributed by atoms with van der Waals surface area (Å²) in [5, 5.41) is 0.709. The number of aromatic nitrogens is 3. The minimum absolute atomic E-state index is 0.709. The van der Waals surface area contributed by atoms with Crippen molar-refractivity contribution in [3.05, 3.63) is 72.0 Å². The first-order valence-electron chi connectivity index (χ1n) is 6.69. The lowest BCUT2D eigenvalue weighted by Gasteiger charge is -2.03. The molecule has 4 rings (SSSR count). The maximum atomic E-state index is 6.00. The zero-order valence-corrected chi connectivity index (χ0v) is 11.9. The van der Waals surface area contributed by atoms with E-state index in [0.29, 0.717) is 5.02 Å². The van der Waals surface area contributed by atoms with Crippen LogP contribution >= 0.6 is 11.6 Å². The Balaban J connectivity index is 1.74. The molecule has 0 bridgehead atoms. The van der Waals surface area contributed by atoms with Crippen molar-refractivity contribution in [2.24, 2.45) is 0 Å². The Labute approximate surface area is 126 Å². The van der Waals surface area contributed by atoms with Gasteiger partial charge in [0, 0.05) is 28.7 Å². The molecule has 0 aliphatic carbocycles. The highest BCUT2D eigenvalue weighted by atomic mass is 35.5. The second-order valence-electron chi connectivity index (χ2n) is 4.88. The number of aromatic amines is 1. The second kappa shape index (κ2) is 4.79. The number of H-pyrrole nitrogens is 1. The van der Waals surface area contributed by atoms with Crippen LogP contribution in [0.4, 0.5) is 0 Å².